The van der Waals surface area contributed by atoms with Gasteiger partial charge in [-0.2, -0.15) is 4.98 Å². The molecular weight excluding hydrogens is 246 g/mol. The topological polar surface area (TPSA) is 45.2 Å². The van der Waals surface area contributed by atoms with Gasteiger partial charge < -0.3 is 9.80 Å². The quantitative estimate of drug-likeness (QED) is 0.826. The minimum atomic E-state index is 0.725. The van der Waals surface area contributed by atoms with Crippen LogP contribution in [-0.2, 0) is 6.54 Å². The predicted octanol–water partition coefficient (Wildman–Crippen LogP) is 2.03. The summed E-state index contributed by atoms with van der Waals surface area (Å²) in [5, 5.41) is 3.04. The lowest BCUT2D eigenvalue weighted by atomic mass is 10.5. The van der Waals surface area contributed by atoms with Crippen molar-refractivity contribution in [1.29, 1.82) is 0 Å². The highest BCUT2D eigenvalue weighted by atomic mass is 32.1. The van der Waals surface area contributed by atoms with Gasteiger partial charge in [-0.25, -0.2) is 9.97 Å². The summed E-state index contributed by atoms with van der Waals surface area (Å²) in [6.45, 7) is 3.75. The van der Waals surface area contributed by atoms with E-state index in [1.165, 1.54) is 0 Å². The van der Waals surface area contributed by atoms with E-state index in [0.29, 0.717) is 0 Å². The Morgan fingerprint density at radius 1 is 1.17 bits per heavy atom. The van der Waals surface area contributed by atoms with E-state index < -0.39 is 0 Å². The number of anilines is 2. The highest BCUT2D eigenvalue weighted by molar-refractivity contribution is 7.09. The van der Waals surface area contributed by atoms with E-state index in [-0.39, 0.29) is 0 Å². The van der Waals surface area contributed by atoms with Crippen molar-refractivity contribution in [2.24, 2.45) is 0 Å². The standard InChI is InChI=1S/C12H17N5S/c1-4-16(2)10-5-6-14-12(15-10)17(3)9-11-13-7-8-18-11/h5-8H,4,9H2,1-3H3. The third-order valence-electron chi connectivity index (χ3n) is 2.69. The molecule has 0 aliphatic carbocycles. The number of nitrogens with zero attached hydrogens (tertiary/aromatic N) is 5. The lowest BCUT2D eigenvalue weighted by Crippen LogP contribution is -2.22. The monoisotopic (exact) mass is 263 g/mol. The first-order valence-corrected chi connectivity index (χ1v) is 6.72. The molecule has 6 heteroatoms. The molecule has 0 atom stereocenters. The zero-order chi connectivity index (χ0) is 13.0. The second kappa shape index (κ2) is 5.77. The lowest BCUT2D eigenvalue weighted by Gasteiger charge is -2.19. The van der Waals surface area contributed by atoms with E-state index in [4.69, 9.17) is 0 Å². The van der Waals surface area contributed by atoms with Gasteiger partial charge in [0.1, 0.15) is 10.8 Å². The van der Waals surface area contributed by atoms with Crippen LogP contribution < -0.4 is 9.80 Å². The van der Waals surface area contributed by atoms with Gasteiger partial charge in [0.25, 0.3) is 0 Å². The van der Waals surface area contributed by atoms with Crippen LogP contribution in [0.4, 0.5) is 11.8 Å². The molecule has 18 heavy (non-hydrogen) atoms. The molecule has 0 amide bonds. The van der Waals surface area contributed by atoms with Crippen LogP contribution in [0.1, 0.15) is 11.9 Å². The Bertz CT molecular complexity index is 485. The molecule has 0 fully saturated rings. The van der Waals surface area contributed by atoms with Crippen molar-refractivity contribution in [3.63, 3.8) is 0 Å². The van der Waals surface area contributed by atoms with E-state index in [2.05, 4.69) is 26.8 Å². The highest BCUT2D eigenvalue weighted by Gasteiger charge is 2.08. The molecule has 0 unspecified atom stereocenters. The zero-order valence-electron chi connectivity index (χ0n) is 10.9. The Balaban J connectivity index is 2.12. The van der Waals surface area contributed by atoms with Crippen LogP contribution in [0.25, 0.3) is 0 Å². The molecule has 0 N–H and O–H groups in total. The normalized spacial score (nSPS) is 10.4. The fraction of sp³-hybridized carbons (Fsp3) is 0.417. The van der Waals surface area contributed by atoms with Crippen molar-refractivity contribution in [2.45, 2.75) is 13.5 Å². The molecule has 0 aromatic carbocycles. The molecule has 0 bridgehead atoms. The maximum absolute atomic E-state index is 4.54. The summed E-state index contributed by atoms with van der Waals surface area (Å²) in [5.41, 5.74) is 0. The van der Waals surface area contributed by atoms with Gasteiger partial charge in [0, 0.05) is 38.4 Å². The van der Waals surface area contributed by atoms with E-state index in [9.17, 15) is 0 Å². The van der Waals surface area contributed by atoms with Gasteiger partial charge in [-0.05, 0) is 13.0 Å². The minimum absolute atomic E-state index is 0.725. The fourth-order valence-corrected chi connectivity index (χ4v) is 2.17. The molecule has 2 aromatic heterocycles. The van der Waals surface area contributed by atoms with Gasteiger partial charge in [0.15, 0.2) is 0 Å². The maximum atomic E-state index is 4.54. The van der Waals surface area contributed by atoms with Gasteiger partial charge in [-0.15, -0.1) is 11.3 Å². The zero-order valence-corrected chi connectivity index (χ0v) is 11.7. The Kier molecular flexibility index (Phi) is 4.09. The van der Waals surface area contributed by atoms with Crippen LogP contribution in [0, 0.1) is 0 Å². The average Bonchev–Trinajstić information content (AvgIpc) is 2.90. The van der Waals surface area contributed by atoms with Crippen LogP contribution in [0.15, 0.2) is 23.8 Å². The molecule has 2 rings (SSSR count). The van der Waals surface area contributed by atoms with Crippen LogP contribution in [-0.4, -0.2) is 35.6 Å². The first kappa shape index (κ1) is 12.8. The predicted molar refractivity (Wildman–Crippen MR) is 75.2 cm³/mol. The summed E-state index contributed by atoms with van der Waals surface area (Å²) in [7, 11) is 4.00. The van der Waals surface area contributed by atoms with Crippen molar-refractivity contribution in [2.75, 3.05) is 30.4 Å². The maximum Gasteiger partial charge on any atom is 0.227 e. The summed E-state index contributed by atoms with van der Waals surface area (Å²) in [5.74, 6) is 1.66. The molecule has 5 nitrogen and oxygen atoms in total. The van der Waals surface area contributed by atoms with Crippen molar-refractivity contribution >= 4 is 23.1 Å². The van der Waals surface area contributed by atoms with Crippen molar-refractivity contribution in [3.05, 3.63) is 28.8 Å². The summed E-state index contributed by atoms with van der Waals surface area (Å²) >= 11 is 1.64. The van der Waals surface area contributed by atoms with Crippen molar-refractivity contribution in [3.8, 4) is 0 Å². The molecular formula is C12H17N5S. The van der Waals surface area contributed by atoms with Gasteiger partial charge in [0.05, 0.1) is 6.54 Å². The molecule has 96 valence electrons. The largest absolute Gasteiger partial charge is 0.360 e. The Morgan fingerprint density at radius 3 is 2.67 bits per heavy atom. The Morgan fingerprint density at radius 2 is 2.00 bits per heavy atom. The SMILES string of the molecule is CCN(C)c1ccnc(N(C)Cc2nccs2)n1. The minimum Gasteiger partial charge on any atom is -0.360 e. The molecule has 0 saturated heterocycles. The number of hydrogen-bond donors (Lipinski definition) is 0. The average molecular weight is 263 g/mol. The molecule has 2 heterocycles. The third kappa shape index (κ3) is 2.95. The molecule has 0 aliphatic heterocycles. The molecule has 0 radical (unpaired) electrons. The van der Waals surface area contributed by atoms with E-state index in [1.807, 2.05) is 36.6 Å². The number of hydrogen-bond acceptors (Lipinski definition) is 6. The van der Waals surface area contributed by atoms with Gasteiger partial charge in [0.2, 0.25) is 5.95 Å². The number of thiazole rings is 1. The van der Waals surface area contributed by atoms with E-state index in [1.54, 1.807) is 17.5 Å². The number of aromatic nitrogens is 3. The van der Waals surface area contributed by atoms with E-state index >= 15 is 0 Å². The fourth-order valence-electron chi connectivity index (χ4n) is 1.50. The molecule has 0 saturated carbocycles. The van der Waals surface area contributed by atoms with E-state index in [0.717, 1.165) is 29.9 Å². The third-order valence-corrected chi connectivity index (χ3v) is 3.46. The van der Waals surface area contributed by atoms with Gasteiger partial charge in [-0.1, -0.05) is 0 Å². The summed E-state index contributed by atoms with van der Waals surface area (Å²) in [6, 6.07) is 1.92. The second-order valence-electron chi connectivity index (χ2n) is 4.01. The summed E-state index contributed by atoms with van der Waals surface area (Å²) < 4.78 is 0. The molecule has 2 aromatic rings. The van der Waals surface area contributed by atoms with Gasteiger partial charge in [-0.3, -0.25) is 0 Å². The smallest absolute Gasteiger partial charge is 0.227 e. The first-order valence-electron chi connectivity index (χ1n) is 5.84. The summed E-state index contributed by atoms with van der Waals surface area (Å²) in [4.78, 5) is 17.2. The van der Waals surface area contributed by atoms with Crippen LogP contribution >= 0.6 is 11.3 Å². The number of rotatable bonds is 5. The van der Waals surface area contributed by atoms with Crippen LogP contribution in [0.3, 0.4) is 0 Å². The Hall–Kier alpha value is -1.69. The van der Waals surface area contributed by atoms with Crippen molar-refractivity contribution < 1.29 is 0 Å². The van der Waals surface area contributed by atoms with Gasteiger partial charge >= 0.3 is 0 Å². The highest BCUT2D eigenvalue weighted by Crippen LogP contribution is 2.15. The molecule has 0 aliphatic rings. The second-order valence-corrected chi connectivity index (χ2v) is 4.99. The van der Waals surface area contributed by atoms with Crippen LogP contribution in [0.5, 0.6) is 0 Å². The summed E-state index contributed by atoms with van der Waals surface area (Å²) in [6.07, 6.45) is 3.61. The van der Waals surface area contributed by atoms with Crippen LogP contribution in [0.2, 0.25) is 0 Å². The van der Waals surface area contributed by atoms with Crippen molar-refractivity contribution in [1.82, 2.24) is 15.0 Å². The lowest BCUT2D eigenvalue weighted by molar-refractivity contribution is 0.845. The first-order chi connectivity index (χ1) is 8.70. The Labute approximate surface area is 111 Å². The molecule has 0 spiro atoms.